The van der Waals surface area contributed by atoms with Gasteiger partial charge in [-0.2, -0.15) is 0 Å². The van der Waals surface area contributed by atoms with Gasteiger partial charge in [0.05, 0.1) is 28.2 Å². The lowest BCUT2D eigenvalue weighted by Crippen LogP contribution is -2.21. The number of rotatable bonds is 2. The van der Waals surface area contributed by atoms with Gasteiger partial charge in [0.15, 0.2) is 5.82 Å². The molecule has 1 saturated heterocycles. The molecule has 2 bridgehead atoms. The number of ether oxygens (including phenoxy) is 1. The number of nitrogens with zero attached hydrogens (tertiary/aromatic N) is 2. The first kappa shape index (κ1) is 14.6. The number of aromatic nitrogens is 2. The van der Waals surface area contributed by atoms with Gasteiger partial charge in [-0.25, -0.2) is 9.37 Å². The first-order valence-corrected chi connectivity index (χ1v) is 7.86. The van der Waals surface area contributed by atoms with Crippen LogP contribution in [-0.4, -0.2) is 16.1 Å². The lowest BCUT2D eigenvalue weighted by Gasteiger charge is -2.26. The Kier molecular flexibility index (Phi) is 3.36. The highest BCUT2D eigenvalue weighted by atomic mass is 35.5. The van der Waals surface area contributed by atoms with Gasteiger partial charge in [0.25, 0.3) is 0 Å². The van der Waals surface area contributed by atoms with Gasteiger partial charge in [0.2, 0.25) is 0 Å². The predicted octanol–water partition coefficient (Wildman–Crippen LogP) is 3.64. The average Bonchev–Trinajstić information content (AvgIpc) is 2.89. The fourth-order valence-corrected chi connectivity index (χ4v) is 3.49. The van der Waals surface area contributed by atoms with E-state index >= 15 is 0 Å². The molecular formula is C17H15ClFN3O. The van der Waals surface area contributed by atoms with Crippen LogP contribution in [0.4, 0.5) is 4.39 Å². The van der Waals surface area contributed by atoms with Gasteiger partial charge in [0, 0.05) is 18.2 Å². The van der Waals surface area contributed by atoms with Gasteiger partial charge in [-0.15, -0.1) is 0 Å². The van der Waals surface area contributed by atoms with Crippen LogP contribution in [0.5, 0.6) is 0 Å². The molecular weight excluding hydrogens is 317 g/mol. The normalized spacial score (nSPS) is 22.0. The second-order valence-electron chi connectivity index (χ2n) is 5.96. The van der Waals surface area contributed by atoms with Gasteiger partial charge < -0.3 is 10.5 Å². The van der Waals surface area contributed by atoms with Crippen molar-refractivity contribution in [3.63, 3.8) is 0 Å². The summed E-state index contributed by atoms with van der Waals surface area (Å²) in [6.45, 7) is 3.75. The van der Waals surface area contributed by atoms with Crippen LogP contribution in [0.25, 0.3) is 17.0 Å². The molecule has 0 saturated carbocycles. The summed E-state index contributed by atoms with van der Waals surface area (Å²) >= 11 is 5.82. The third kappa shape index (κ3) is 2.40. The van der Waals surface area contributed by atoms with Crippen molar-refractivity contribution in [2.75, 3.05) is 0 Å². The summed E-state index contributed by atoms with van der Waals surface area (Å²) in [4.78, 5) is 8.78. The van der Waals surface area contributed by atoms with Crippen LogP contribution in [0.3, 0.4) is 0 Å². The molecule has 2 atom stereocenters. The molecule has 0 amide bonds. The van der Waals surface area contributed by atoms with Gasteiger partial charge >= 0.3 is 0 Å². The third-order valence-corrected chi connectivity index (χ3v) is 4.60. The second-order valence-corrected chi connectivity index (χ2v) is 6.39. The molecule has 2 aliphatic heterocycles. The molecule has 2 aromatic rings. The van der Waals surface area contributed by atoms with Crippen LogP contribution >= 0.6 is 11.6 Å². The molecule has 4 rings (SSSR count). The Morgan fingerprint density at radius 2 is 2.22 bits per heavy atom. The minimum atomic E-state index is -0.460. The fourth-order valence-electron chi connectivity index (χ4n) is 3.35. The third-order valence-electron chi connectivity index (χ3n) is 4.39. The minimum Gasteiger partial charge on any atom is -0.397 e. The molecule has 0 unspecified atom stereocenters. The largest absolute Gasteiger partial charge is 0.397 e. The van der Waals surface area contributed by atoms with E-state index in [2.05, 4.69) is 16.5 Å². The van der Waals surface area contributed by atoms with E-state index in [1.54, 1.807) is 6.07 Å². The van der Waals surface area contributed by atoms with Gasteiger partial charge in [-0.05, 0) is 30.5 Å². The summed E-state index contributed by atoms with van der Waals surface area (Å²) < 4.78 is 20.3. The van der Waals surface area contributed by atoms with Crippen LogP contribution in [-0.2, 0) is 11.2 Å². The number of hydrogen-bond donors (Lipinski definition) is 1. The Hall–Kier alpha value is -1.98. The van der Waals surface area contributed by atoms with Gasteiger partial charge in [-0.3, -0.25) is 4.98 Å². The van der Waals surface area contributed by atoms with Crippen molar-refractivity contribution >= 4 is 17.3 Å². The summed E-state index contributed by atoms with van der Waals surface area (Å²) in [5, 5.41) is 0.265. The lowest BCUT2D eigenvalue weighted by molar-refractivity contribution is 0.0296. The quantitative estimate of drug-likeness (QED) is 0.912. The van der Waals surface area contributed by atoms with E-state index in [1.807, 2.05) is 0 Å². The zero-order valence-corrected chi connectivity index (χ0v) is 13.1. The SMILES string of the molecule is C=C(N)c1cc(-c2ncc(Cl)cc2F)c2c(n1)[C@H]1CC[C@@H](C2)O1. The Bertz CT molecular complexity index is 824. The molecule has 2 N–H and O–H groups in total. The van der Waals surface area contributed by atoms with E-state index in [9.17, 15) is 4.39 Å². The van der Waals surface area contributed by atoms with Crippen molar-refractivity contribution in [2.45, 2.75) is 31.5 Å². The Labute approximate surface area is 138 Å². The van der Waals surface area contributed by atoms with E-state index in [1.165, 1.54) is 12.3 Å². The van der Waals surface area contributed by atoms with Gasteiger partial charge in [-0.1, -0.05) is 18.2 Å². The molecule has 4 heterocycles. The van der Waals surface area contributed by atoms with Gasteiger partial charge in [0.1, 0.15) is 11.8 Å². The molecule has 0 aromatic carbocycles. The monoisotopic (exact) mass is 331 g/mol. The van der Waals surface area contributed by atoms with Crippen molar-refractivity contribution in [3.05, 3.63) is 52.7 Å². The smallest absolute Gasteiger partial charge is 0.150 e. The summed E-state index contributed by atoms with van der Waals surface area (Å²) in [7, 11) is 0. The molecule has 118 valence electrons. The number of fused-ring (bicyclic) bond motifs is 4. The summed E-state index contributed by atoms with van der Waals surface area (Å²) in [6.07, 6.45) is 4.15. The lowest BCUT2D eigenvalue weighted by atomic mass is 9.94. The summed E-state index contributed by atoms with van der Waals surface area (Å²) in [5.74, 6) is -0.460. The molecule has 0 aliphatic carbocycles. The molecule has 2 aliphatic rings. The topological polar surface area (TPSA) is 61.0 Å². The van der Waals surface area contributed by atoms with E-state index in [0.29, 0.717) is 23.4 Å². The zero-order chi connectivity index (χ0) is 16.1. The maximum absolute atomic E-state index is 14.4. The van der Waals surface area contributed by atoms with E-state index in [-0.39, 0.29) is 22.9 Å². The first-order valence-electron chi connectivity index (χ1n) is 7.48. The van der Waals surface area contributed by atoms with E-state index in [0.717, 1.165) is 24.1 Å². The Balaban J connectivity index is 1.97. The van der Waals surface area contributed by atoms with Crippen molar-refractivity contribution in [1.29, 1.82) is 0 Å². The minimum absolute atomic E-state index is 0.0582. The second kappa shape index (κ2) is 5.28. The molecule has 0 radical (unpaired) electrons. The standard InChI is InChI=1S/C17H15ClFN3O/c1-8(20)14-6-12(16-13(19)4-9(18)7-21-16)11-5-10-2-3-15(23-10)17(11)22-14/h4,6-7,10,15H,1-3,5,20H2/t10-,15+/m0/s1. The zero-order valence-electron chi connectivity index (χ0n) is 12.4. The predicted molar refractivity (Wildman–Crippen MR) is 86.2 cm³/mol. The summed E-state index contributed by atoms with van der Waals surface area (Å²) in [5.41, 5.74) is 9.47. The molecule has 2 aromatic heterocycles. The van der Waals surface area contributed by atoms with E-state index in [4.69, 9.17) is 22.1 Å². The average molecular weight is 332 g/mol. The van der Waals surface area contributed by atoms with Crippen molar-refractivity contribution < 1.29 is 9.13 Å². The molecule has 4 nitrogen and oxygen atoms in total. The van der Waals surface area contributed by atoms with Crippen LogP contribution in [0, 0.1) is 5.82 Å². The van der Waals surface area contributed by atoms with Crippen LogP contribution in [0.1, 0.15) is 35.9 Å². The highest BCUT2D eigenvalue weighted by Crippen LogP contribution is 2.44. The van der Waals surface area contributed by atoms with Crippen LogP contribution < -0.4 is 5.73 Å². The molecule has 0 spiro atoms. The molecule has 6 heteroatoms. The Morgan fingerprint density at radius 1 is 1.39 bits per heavy atom. The number of halogens is 2. The van der Waals surface area contributed by atoms with Crippen molar-refractivity contribution in [2.24, 2.45) is 5.73 Å². The van der Waals surface area contributed by atoms with Crippen molar-refractivity contribution in [3.8, 4) is 11.3 Å². The number of pyridine rings is 2. The molecule has 1 fully saturated rings. The fraction of sp³-hybridized carbons (Fsp3) is 0.294. The first-order chi connectivity index (χ1) is 11.0. The van der Waals surface area contributed by atoms with E-state index < -0.39 is 5.82 Å². The summed E-state index contributed by atoms with van der Waals surface area (Å²) in [6, 6.07) is 3.02. The van der Waals surface area contributed by atoms with Crippen LogP contribution in [0.15, 0.2) is 24.9 Å². The van der Waals surface area contributed by atoms with Crippen molar-refractivity contribution in [1.82, 2.24) is 9.97 Å². The number of hydrogen-bond acceptors (Lipinski definition) is 4. The highest BCUT2D eigenvalue weighted by molar-refractivity contribution is 6.30. The number of nitrogens with two attached hydrogens (primary N) is 1. The Morgan fingerprint density at radius 3 is 2.96 bits per heavy atom. The maximum atomic E-state index is 14.4. The van der Waals surface area contributed by atoms with Crippen LogP contribution in [0.2, 0.25) is 5.02 Å². The molecule has 23 heavy (non-hydrogen) atoms. The highest BCUT2D eigenvalue weighted by Gasteiger charge is 2.37. The maximum Gasteiger partial charge on any atom is 0.150 e.